The zero-order chi connectivity index (χ0) is 23.3. The van der Waals surface area contributed by atoms with E-state index in [4.69, 9.17) is 0 Å². The van der Waals surface area contributed by atoms with Gasteiger partial charge in [0.15, 0.2) is 5.16 Å². The first-order valence-electron chi connectivity index (χ1n) is 12.0. The van der Waals surface area contributed by atoms with Crippen LogP contribution in [0.3, 0.4) is 0 Å². The summed E-state index contributed by atoms with van der Waals surface area (Å²) in [5, 5.41) is 6.20. The highest BCUT2D eigenvalue weighted by Crippen LogP contribution is 2.55. The van der Waals surface area contributed by atoms with Gasteiger partial charge in [-0.15, -0.1) is 0 Å². The number of rotatable bonds is 5. The van der Waals surface area contributed by atoms with Crippen molar-refractivity contribution >= 4 is 34.6 Å². The predicted molar refractivity (Wildman–Crippen MR) is 129 cm³/mol. The van der Waals surface area contributed by atoms with Crippen molar-refractivity contribution in [1.29, 1.82) is 0 Å². The summed E-state index contributed by atoms with van der Waals surface area (Å²) in [7, 11) is 0. The van der Waals surface area contributed by atoms with Gasteiger partial charge in [-0.2, -0.15) is 0 Å². The van der Waals surface area contributed by atoms with Crippen LogP contribution in [-0.4, -0.2) is 32.3 Å². The van der Waals surface area contributed by atoms with Gasteiger partial charge in [-0.25, -0.2) is 9.78 Å². The van der Waals surface area contributed by atoms with E-state index in [1.165, 1.54) is 31.0 Å². The summed E-state index contributed by atoms with van der Waals surface area (Å²) < 4.78 is 1.62. The van der Waals surface area contributed by atoms with Crippen LogP contribution >= 0.6 is 11.8 Å². The van der Waals surface area contributed by atoms with E-state index >= 15 is 0 Å². The Balaban J connectivity index is 1.28. The molecule has 3 amide bonds. The van der Waals surface area contributed by atoms with Crippen LogP contribution in [0.15, 0.2) is 34.2 Å². The molecule has 8 heteroatoms. The minimum Gasteiger partial charge on any atom is -0.332 e. The molecule has 0 spiro atoms. The fourth-order valence-corrected chi connectivity index (χ4v) is 7.67. The number of nitrogens with one attached hydrogen (secondary N) is 2. The molecule has 0 saturated heterocycles. The molecule has 2 aromatic rings. The van der Waals surface area contributed by atoms with Crippen LogP contribution in [0.25, 0.3) is 10.9 Å². The molecule has 4 saturated carbocycles. The van der Waals surface area contributed by atoms with Gasteiger partial charge in [-0.1, -0.05) is 23.9 Å². The summed E-state index contributed by atoms with van der Waals surface area (Å²) in [6.07, 6.45) is 6.99. The second kappa shape index (κ2) is 8.46. The molecule has 176 valence electrons. The summed E-state index contributed by atoms with van der Waals surface area (Å²) in [4.78, 5) is 43.3. The maximum Gasteiger partial charge on any atom is 0.321 e. The summed E-state index contributed by atoms with van der Waals surface area (Å²) in [6, 6.07) is 6.72. The number of carbonyl (C=O) groups excluding carboxylic acids is 2. The van der Waals surface area contributed by atoms with Crippen LogP contribution in [0.2, 0.25) is 0 Å². The number of para-hydroxylation sites is 1. The van der Waals surface area contributed by atoms with E-state index in [1.54, 1.807) is 23.6 Å². The molecule has 33 heavy (non-hydrogen) atoms. The molecule has 6 rings (SSSR count). The lowest BCUT2D eigenvalue weighted by atomic mass is 9.53. The quantitative estimate of drug-likeness (QED) is 0.505. The standard InChI is InChI=1S/C25H32N4O3S/c1-14(2)29-22(31)19-6-4-5-7-20(19)26-24(29)33-15(3)21(30)27-23(32)28-25-11-16-8-17(12-25)10-18(9-16)13-25/h4-7,14-18H,8-13H2,1-3H3,(H2,27,28,30,32)/t15-,16?,17?,18?,25?/m1/s1. The van der Waals surface area contributed by atoms with Crippen LogP contribution in [0.1, 0.15) is 65.3 Å². The van der Waals surface area contributed by atoms with Gasteiger partial charge in [0, 0.05) is 11.6 Å². The van der Waals surface area contributed by atoms with Crippen molar-refractivity contribution in [2.75, 3.05) is 0 Å². The highest BCUT2D eigenvalue weighted by molar-refractivity contribution is 8.00. The van der Waals surface area contributed by atoms with Gasteiger partial charge >= 0.3 is 6.03 Å². The molecule has 4 bridgehead atoms. The molecule has 7 nitrogen and oxygen atoms in total. The number of benzene rings is 1. The zero-order valence-electron chi connectivity index (χ0n) is 19.5. The minimum atomic E-state index is -0.579. The normalized spacial score (nSPS) is 28.8. The Bertz CT molecular complexity index is 1120. The smallest absolute Gasteiger partial charge is 0.321 e. The van der Waals surface area contributed by atoms with E-state index in [2.05, 4.69) is 15.6 Å². The minimum absolute atomic E-state index is 0.105. The molecule has 0 unspecified atom stereocenters. The van der Waals surface area contributed by atoms with Crippen molar-refractivity contribution in [1.82, 2.24) is 20.2 Å². The number of hydrogen-bond donors (Lipinski definition) is 2. The summed E-state index contributed by atoms with van der Waals surface area (Å²) in [6.45, 7) is 5.58. The molecule has 0 aliphatic heterocycles. The number of nitrogens with zero attached hydrogens (tertiary/aromatic N) is 2. The van der Waals surface area contributed by atoms with E-state index in [9.17, 15) is 14.4 Å². The lowest BCUT2D eigenvalue weighted by Gasteiger charge is -2.56. The van der Waals surface area contributed by atoms with Crippen molar-refractivity contribution < 1.29 is 9.59 Å². The Morgan fingerprint density at radius 2 is 1.67 bits per heavy atom. The van der Waals surface area contributed by atoms with E-state index < -0.39 is 11.3 Å². The maximum atomic E-state index is 13.0. The highest BCUT2D eigenvalue weighted by atomic mass is 32.2. The van der Waals surface area contributed by atoms with E-state index in [1.807, 2.05) is 26.0 Å². The lowest BCUT2D eigenvalue weighted by molar-refractivity contribution is -0.119. The molecular formula is C25H32N4O3S. The fourth-order valence-electron chi connectivity index (χ4n) is 6.63. The summed E-state index contributed by atoms with van der Waals surface area (Å²) in [5.74, 6) is 1.77. The Morgan fingerprint density at radius 3 is 2.27 bits per heavy atom. The highest BCUT2D eigenvalue weighted by Gasteiger charge is 2.51. The van der Waals surface area contributed by atoms with Crippen LogP contribution in [0, 0.1) is 17.8 Å². The Labute approximate surface area is 198 Å². The van der Waals surface area contributed by atoms with Gasteiger partial charge in [-0.05, 0) is 89.2 Å². The first-order chi connectivity index (χ1) is 15.7. The largest absolute Gasteiger partial charge is 0.332 e. The molecule has 4 aliphatic rings. The monoisotopic (exact) mass is 468 g/mol. The number of amides is 3. The molecule has 1 aromatic heterocycles. The second-order valence-corrected chi connectivity index (χ2v) is 11.9. The number of thioether (sulfide) groups is 1. The lowest BCUT2D eigenvalue weighted by Crippen LogP contribution is -2.62. The van der Waals surface area contributed by atoms with Crippen LogP contribution in [0.5, 0.6) is 0 Å². The van der Waals surface area contributed by atoms with E-state index in [0.29, 0.717) is 33.8 Å². The van der Waals surface area contributed by atoms with Crippen molar-refractivity contribution in [2.24, 2.45) is 17.8 Å². The van der Waals surface area contributed by atoms with Gasteiger partial charge < -0.3 is 5.32 Å². The summed E-state index contributed by atoms with van der Waals surface area (Å²) in [5.41, 5.74) is 0.340. The maximum absolute atomic E-state index is 13.0. The third-order valence-electron chi connectivity index (χ3n) is 7.60. The average Bonchev–Trinajstić information content (AvgIpc) is 2.72. The Hall–Kier alpha value is -2.35. The first kappa shape index (κ1) is 22.4. The van der Waals surface area contributed by atoms with Crippen LogP contribution < -0.4 is 16.2 Å². The number of urea groups is 1. The van der Waals surface area contributed by atoms with Crippen molar-refractivity contribution in [3.05, 3.63) is 34.6 Å². The zero-order valence-corrected chi connectivity index (χ0v) is 20.3. The topological polar surface area (TPSA) is 93.1 Å². The van der Waals surface area contributed by atoms with Gasteiger partial charge in [0.2, 0.25) is 5.91 Å². The number of fused-ring (bicyclic) bond motifs is 1. The summed E-state index contributed by atoms with van der Waals surface area (Å²) >= 11 is 1.21. The van der Waals surface area contributed by atoms with E-state index in [0.717, 1.165) is 19.3 Å². The third-order valence-corrected chi connectivity index (χ3v) is 8.66. The number of hydrogen-bond acceptors (Lipinski definition) is 5. The molecular weight excluding hydrogens is 436 g/mol. The molecule has 1 aromatic carbocycles. The number of carbonyl (C=O) groups is 2. The molecule has 0 radical (unpaired) electrons. The Morgan fingerprint density at radius 1 is 1.06 bits per heavy atom. The van der Waals surface area contributed by atoms with Gasteiger partial charge in [-0.3, -0.25) is 19.5 Å². The van der Waals surface area contributed by atoms with Crippen molar-refractivity contribution in [3.8, 4) is 0 Å². The molecule has 1 heterocycles. The first-order valence-corrected chi connectivity index (χ1v) is 12.9. The predicted octanol–water partition coefficient (Wildman–Crippen LogP) is 4.25. The van der Waals surface area contributed by atoms with Gasteiger partial charge in [0.25, 0.3) is 5.56 Å². The Kier molecular flexibility index (Phi) is 5.75. The molecule has 1 atom stereocenters. The van der Waals surface area contributed by atoms with Crippen molar-refractivity contribution in [3.63, 3.8) is 0 Å². The van der Waals surface area contributed by atoms with Crippen LogP contribution in [0.4, 0.5) is 4.79 Å². The van der Waals surface area contributed by atoms with E-state index in [-0.39, 0.29) is 23.0 Å². The van der Waals surface area contributed by atoms with Gasteiger partial charge in [0.1, 0.15) is 0 Å². The average molecular weight is 469 g/mol. The molecule has 2 N–H and O–H groups in total. The van der Waals surface area contributed by atoms with Gasteiger partial charge in [0.05, 0.1) is 16.2 Å². The molecule has 4 fully saturated rings. The number of aromatic nitrogens is 2. The SMILES string of the molecule is CC(C)n1c(S[C@H](C)C(=O)NC(=O)NC23CC4CC(CC(C4)C2)C3)nc2ccccc2c1=O. The number of imide groups is 1. The second-order valence-electron chi connectivity index (χ2n) is 10.6. The third kappa shape index (κ3) is 4.29. The molecule has 4 aliphatic carbocycles. The fraction of sp³-hybridized carbons (Fsp3) is 0.600. The van der Waals surface area contributed by atoms with Crippen LogP contribution in [-0.2, 0) is 4.79 Å². The van der Waals surface area contributed by atoms with Crippen molar-refractivity contribution in [2.45, 2.75) is 81.3 Å².